The molecule has 9 nitrogen and oxygen atoms in total. The number of hydrogen-bond donors (Lipinski definition) is 2. The van der Waals surface area contributed by atoms with E-state index in [1.807, 2.05) is 13.8 Å². The van der Waals surface area contributed by atoms with Gasteiger partial charge in [0, 0.05) is 32.8 Å². The number of carbonyl (C=O) groups is 2. The molecule has 9 heteroatoms. The van der Waals surface area contributed by atoms with E-state index in [1.54, 1.807) is 0 Å². The largest absolute Gasteiger partial charge is 0.466 e. The van der Waals surface area contributed by atoms with Crippen molar-refractivity contribution in [2.45, 2.75) is 20.3 Å². The van der Waals surface area contributed by atoms with Crippen molar-refractivity contribution < 1.29 is 28.5 Å². The van der Waals surface area contributed by atoms with Gasteiger partial charge in [0.2, 0.25) is 0 Å². The number of methoxy groups -OCH3 is 1. The van der Waals surface area contributed by atoms with Crippen LogP contribution in [0.2, 0.25) is 0 Å². The minimum Gasteiger partial charge on any atom is -0.466 e. The molecule has 0 saturated carbocycles. The Kier molecular flexibility index (Phi) is 19.6. The zero-order valence-corrected chi connectivity index (χ0v) is 14.4. The number of hydrogen-bond acceptors (Lipinski definition) is 9. The summed E-state index contributed by atoms with van der Waals surface area (Å²) in [5.74, 6) is 7.02. The monoisotopic (exact) mass is 337 g/mol. The number of rotatable bonds is 13. The summed E-state index contributed by atoms with van der Waals surface area (Å²) in [4.78, 5) is 24.4. The lowest BCUT2D eigenvalue weighted by atomic mass is 10.3. The van der Waals surface area contributed by atoms with Crippen molar-refractivity contribution in [1.82, 2.24) is 4.90 Å². The van der Waals surface area contributed by atoms with Gasteiger partial charge in [-0.2, -0.15) is 0 Å². The van der Waals surface area contributed by atoms with Gasteiger partial charge in [0.15, 0.2) is 6.61 Å². The van der Waals surface area contributed by atoms with Crippen molar-refractivity contribution in [3.63, 3.8) is 0 Å². The maximum atomic E-state index is 11.5. The van der Waals surface area contributed by atoms with Gasteiger partial charge in [-0.25, -0.2) is 4.79 Å². The molecular weight excluding hydrogens is 306 g/mol. The summed E-state index contributed by atoms with van der Waals surface area (Å²) in [5, 5.41) is 0. The second-order valence-electron chi connectivity index (χ2n) is 4.22. The first-order valence-electron chi connectivity index (χ1n) is 7.57. The molecule has 23 heavy (non-hydrogen) atoms. The van der Waals surface area contributed by atoms with Gasteiger partial charge in [0.1, 0.15) is 0 Å². The first-order valence-corrected chi connectivity index (χ1v) is 7.57. The van der Waals surface area contributed by atoms with Crippen LogP contribution in [0.5, 0.6) is 0 Å². The fourth-order valence-corrected chi connectivity index (χ4v) is 1.53. The Morgan fingerprint density at radius 3 is 1.87 bits per heavy atom. The molecule has 0 rings (SSSR count). The van der Waals surface area contributed by atoms with Crippen molar-refractivity contribution in [2.24, 2.45) is 11.7 Å². The highest BCUT2D eigenvalue weighted by atomic mass is 16.6. The van der Waals surface area contributed by atoms with Crippen LogP contribution >= 0.6 is 0 Å². The molecule has 0 saturated heterocycles. The first-order chi connectivity index (χ1) is 11.1. The Balaban J connectivity index is 0. The van der Waals surface area contributed by atoms with Gasteiger partial charge in [0.05, 0.1) is 26.7 Å². The fraction of sp³-hybridized carbons (Fsp3) is 0.857. The number of nitrogens with zero attached hydrogens (tertiary/aromatic N) is 1. The van der Waals surface area contributed by atoms with E-state index in [0.717, 1.165) is 13.1 Å². The third-order valence-electron chi connectivity index (χ3n) is 2.72. The summed E-state index contributed by atoms with van der Waals surface area (Å²) < 4.78 is 19.8. The third kappa shape index (κ3) is 16.9. The highest BCUT2D eigenvalue weighted by Gasteiger charge is 2.11. The molecule has 4 N–H and O–H groups in total. The second-order valence-corrected chi connectivity index (χ2v) is 4.22. The normalized spacial score (nSPS) is 10.0. The van der Waals surface area contributed by atoms with Gasteiger partial charge in [-0.1, -0.05) is 0 Å². The molecule has 0 aliphatic heterocycles. The molecule has 0 bridgehead atoms. The first kappa shape index (κ1) is 24.0. The molecule has 0 fully saturated rings. The van der Waals surface area contributed by atoms with Crippen molar-refractivity contribution in [1.29, 1.82) is 0 Å². The van der Waals surface area contributed by atoms with Crippen LogP contribution < -0.4 is 11.7 Å². The summed E-state index contributed by atoms with van der Waals surface area (Å²) in [6.07, 6.45) is 0.218. The Labute approximate surface area is 138 Å². The standard InChI is InChI=1S/C14H27NO6.H4N2/c1-4-19-10-8-15(9-11-20-5-2)7-6-13(16)21-12-14(17)18-3;1-2/h4-12H2,1-3H3;1-2H2. The summed E-state index contributed by atoms with van der Waals surface area (Å²) in [5.41, 5.74) is 0. The van der Waals surface area contributed by atoms with Crippen molar-refractivity contribution in [3.05, 3.63) is 0 Å². The van der Waals surface area contributed by atoms with Crippen LogP contribution in [0, 0.1) is 0 Å². The van der Waals surface area contributed by atoms with E-state index < -0.39 is 11.9 Å². The van der Waals surface area contributed by atoms with Crippen LogP contribution in [0.25, 0.3) is 0 Å². The number of carbonyl (C=O) groups excluding carboxylic acids is 2. The second kappa shape index (κ2) is 18.8. The Hall–Kier alpha value is -1.26. The zero-order valence-electron chi connectivity index (χ0n) is 14.4. The lowest BCUT2D eigenvalue weighted by molar-refractivity contribution is -0.157. The molecule has 0 atom stereocenters. The Morgan fingerprint density at radius 1 is 0.913 bits per heavy atom. The number of ether oxygens (including phenoxy) is 4. The molecule has 0 radical (unpaired) electrons. The predicted octanol–water partition coefficient (Wildman–Crippen LogP) is -0.713. The summed E-state index contributed by atoms with van der Waals surface area (Å²) in [6, 6.07) is 0. The van der Waals surface area contributed by atoms with E-state index in [4.69, 9.17) is 14.2 Å². The van der Waals surface area contributed by atoms with Gasteiger partial charge in [-0.3, -0.25) is 21.4 Å². The van der Waals surface area contributed by atoms with Crippen LogP contribution in [0.3, 0.4) is 0 Å². The Bertz CT molecular complexity index is 282. The maximum absolute atomic E-state index is 11.5. The number of hydrazine groups is 1. The van der Waals surface area contributed by atoms with E-state index in [0.29, 0.717) is 33.0 Å². The van der Waals surface area contributed by atoms with Gasteiger partial charge < -0.3 is 18.9 Å². The van der Waals surface area contributed by atoms with Crippen LogP contribution in [-0.2, 0) is 28.5 Å². The molecule has 138 valence electrons. The fourth-order valence-electron chi connectivity index (χ4n) is 1.53. The van der Waals surface area contributed by atoms with E-state index in [9.17, 15) is 9.59 Å². The average Bonchev–Trinajstić information content (AvgIpc) is 2.59. The quantitative estimate of drug-likeness (QED) is 0.194. The van der Waals surface area contributed by atoms with E-state index in [2.05, 4.69) is 21.3 Å². The highest BCUT2D eigenvalue weighted by Crippen LogP contribution is 1.96. The van der Waals surface area contributed by atoms with E-state index >= 15 is 0 Å². The highest BCUT2D eigenvalue weighted by molar-refractivity contribution is 5.76. The van der Waals surface area contributed by atoms with Gasteiger partial charge in [-0.05, 0) is 13.8 Å². The predicted molar refractivity (Wildman–Crippen MR) is 85.4 cm³/mol. The molecule has 0 unspecified atom stereocenters. The van der Waals surface area contributed by atoms with Gasteiger partial charge in [-0.15, -0.1) is 0 Å². The topological polar surface area (TPSA) is 126 Å². The van der Waals surface area contributed by atoms with Gasteiger partial charge in [0.25, 0.3) is 0 Å². The Morgan fingerprint density at radius 2 is 1.43 bits per heavy atom. The summed E-state index contributed by atoms with van der Waals surface area (Å²) >= 11 is 0. The number of esters is 2. The van der Waals surface area contributed by atoms with Crippen LogP contribution in [0.4, 0.5) is 0 Å². The lowest BCUT2D eigenvalue weighted by Gasteiger charge is -2.21. The molecule has 0 aromatic carbocycles. The van der Waals surface area contributed by atoms with E-state index in [-0.39, 0.29) is 13.0 Å². The summed E-state index contributed by atoms with van der Waals surface area (Å²) in [7, 11) is 1.25. The van der Waals surface area contributed by atoms with Crippen LogP contribution in [-0.4, -0.2) is 76.6 Å². The molecular formula is C14H31N3O6. The molecule has 0 aliphatic rings. The SMILES string of the molecule is CCOCCN(CCOCC)CCC(=O)OCC(=O)OC.NN. The molecule has 0 amide bonds. The molecule has 0 spiro atoms. The van der Waals surface area contributed by atoms with Crippen LogP contribution in [0.1, 0.15) is 20.3 Å². The maximum Gasteiger partial charge on any atom is 0.344 e. The third-order valence-corrected chi connectivity index (χ3v) is 2.72. The average molecular weight is 337 g/mol. The van der Waals surface area contributed by atoms with Crippen molar-refractivity contribution in [3.8, 4) is 0 Å². The summed E-state index contributed by atoms with van der Waals surface area (Å²) in [6.45, 7) is 8.09. The van der Waals surface area contributed by atoms with Crippen molar-refractivity contribution in [2.75, 3.05) is 59.8 Å². The smallest absolute Gasteiger partial charge is 0.344 e. The van der Waals surface area contributed by atoms with Crippen LogP contribution in [0.15, 0.2) is 0 Å². The zero-order chi connectivity index (χ0) is 17.9. The number of nitrogens with two attached hydrogens (primary N) is 2. The molecule has 0 aromatic heterocycles. The van der Waals surface area contributed by atoms with Crippen molar-refractivity contribution >= 4 is 11.9 Å². The van der Waals surface area contributed by atoms with Gasteiger partial charge >= 0.3 is 11.9 Å². The molecule has 0 heterocycles. The molecule has 0 aliphatic carbocycles. The lowest BCUT2D eigenvalue weighted by Crippen LogP contribution is -2.33. The minimum absolute atomic E-state index is 0.218. The minimum atomic E-state index is -0.562. The molecule has 0 aromatic rings. The van der Waals surface area contributed by atoms with E-state index in [1.165, 1.54) is 7.11 Å².